The van der Waals surface area contributed by atoms with Crippen LogP contribution in [0.1, 0.15) is 73.8 Å². The number of carboxylic acids is 1. The third-order valence-electron chi connectivity index (χ3n) is 9.02. The summed E-state index contributed by atoms with van der Waals surface area (Å²) in [6, 6.07) is 11.5. The molecule has 1 fully saturated rings. The predicted octanol–water partition coefficient (Wildman–Crippen LogP) is 5.81. The third-order valence-corrected chi connectivity index (χ3v) is 9.02. The molecule has 0 aliphatic carbocycles. The SMILES string of the molecule is CCn1cc(C(=O)O)c(=O)c2cc(F)c(N3CCN(C(=O)OCc4ccc(NC(=O)C(C)c5cc([C@@H](C)C(C)C)no5)cc4)CC3)cc21. The molecule has 2 amide bonds. The van der Waals surface area contributed by atoms with Crippen LogP contribution in [0.5, 0.6) is 0 Å². The Hall–Kier alpha value is -5.20. The number of carbonyl (C=O) groups is 3. The zero-order valence-corrected chi connectivity index (χ0v) is 27.7. The van der Waals surface area contributed by atoms with Crippen molar-refractivity contribution < 1.29 is 33.1 Å². The molecule has 1 unspecified atom stereocenters. The molecule has 3 heterocycles. The molecule has 0 saturated carbocycles. The molecule has 2 aromatic heterocycles. The van der Waals surface area contributed by atoms with Gasteiger partial charge < -0.3 is 34.1 Å². The van der Waals surface area contributed by atoms with E-state index in [1.165, 1.54) is 6.20 Å². The number of aryl methyl sites for hydroxylation is 1. The molecule has 2 aromatic carbocycles. The first-order valence-corrected chi connectivity index (χ1v) is 16.0. The molecule has 48 heavy (non-hydrogen) atoms. The summed E-state index contributed by atoms with van der Waals surface area (Å²) >= 11 is 0. The number of rotatable bonds is 10. The molecule has 0 bridgehead atoms. The van der Waals surface area contributed by atoms with Crippen LogP contribution in [0.2, 0.25) is 0 Å². The lowest BCUT2D eigenvalue weighted by Gasteiger charge is -2.35. The van der Waals surface area contributed by atoms with Gasteiger partial charge in [0.05, 0.1) is 22.8 Å². The van der Waals surface area contributed by atoms with Crippen molar-refractivity contribution in [2.45, 2.75) is 59.6 Å². The van der Waals surface area contributed by atoms with Gasteiger partial charge in [-0.15, -0.1) is 0 Å². The number of pyridine rings is 1. The molecule has 1 saturated heterocycles. The highest BCUT2D eigenvalue weighted by molar-refractivity contribution is 5.95. The van der Waals surface area contributed by atoms with Gasteiger partial charge in [-0.2, -0.15) is 0 Å². The van der Waals surface area contributed by atoms with Crippen LogP contribution in [0.4, 0.5) is 20.6 Å². The number of carboxylic acid groups (broad SMARTS) is 1. The average Bonchev–Trinajstić information content (AvgIpc) is 3.57. The van der Waals surface area contributed by atoms with Crippen LogP contribution < -0.4 is 15.6 Å². The number of ether oxygens (including phenoxy) is 1. The fourth-order valence-electron chi connectivity index (χ4n) is 5.55. The largest absolute Gasteiger partial charge is 0.477 e. The standard InChI is InChI=1S/C35H40FN5O7/c1-6-39-18-26(34(44)45)32(42)25-15-27(36)30(17-29(25)39)40-11-13-41(14-12-40)35(46)47-19-23-7-9-24(10-8-23)37-33(43)22(5)31-16-28(38-48-31)21(4)20(2)3/h7-10,15-18,20-22H,6,11-14,19H2,1-5H3,(H,37,43)(H,44,45)/t21-,22?/m0/s1. The van der Waals surface area contributed by atoms with Gasteiger partial charge >= 0.3 is 12.1 Å². The van der Waals surface area contributed by atoms with E-state index in [0.29, 0.717) is 55.6 Å². The maximum absolute atomic E-state index is 15.2. The molecule has 5 rings (SSSR count). The van der Waals surface area contributed by atoms with E-state index in [1.807, 2.05) is 6.07 Å². The van der Waals surface area contributed by atoms with Crippen LogP contribution in [-0.2, 0) is 22.7 Å². The Kier molecular flexibility index (Phi) is 10.2. The number of halogens is 1. The number of aromatic nitrogens is 2. The number of fused-ring (bicyclic) bond motifs is 1. The van der Waals surface area contributed by atoms with E-state index in [2.05, 4.69) is 31.2 Å². The Morgan fingerprint density at radius 2 is 1.73 bits per heavy atom. The van der Waals surface area contributed by atoms with Gasteiger partial charge in [-0.3, -0.25) is 9.59 Å². The highest BCUT2D eigenvalue weighted by atomic mass is 19.1. The summed E-state index contributed by atoms with van der Waals surface area (Å²) in [5, 5.41) is 16.4. The molecule has 0 radical (unpaired) electrons. The third kappa shape index (κ3) is 7.19. The number of anilines is 2. The summed E-state index contributed by atoms with van der Waals surface area (Å²) in [5.41, 5.74) is 1.71. The average molecular weight is 662 g/mol. The van der Waals surface area contributed by atoms with E-state index in [4.69, 9.17) is 9.26 Å². The summed E-state index contributed by atoms with van der Waals surface area (Å²) in [7, 11) is 0. The number of benzene rings is 2. The summed E-state index contributed by atoms with van der Waals surface area (Å²) in [5.74, 6) is -1.66. The number of nitrogens with zero attached hydrogens (tertiary/aromatic N) is 4. The minimum atomic E-state index is -1.36. The number of amides is 2. The first kappa shape index (κ1) is 34.1. The minimum Gasteiger partial charge on any atom is -0.477 e. The normalized spacial score (nSPS) is 14.6. The van der Waals surface area contributed by atoms with Crippen molar-refractivity contribution in [2.24, 2.45) is 5.92 Å². The lowest BCUT2D eigenvalue weighted by molar-refractivity contribution is -0.117. The lowest BCUT2D eigenvalue weighted by atomic mass is 9.94. The van der Waals surface area contributed by atoms with E-state index >= 15 is 4.39 Å². The van der Waals surface area contributed by atoms with Gasteiger partial charge in [-0.1, -0.05) is 38.1 Å². The van der Waals surface area contributed by atoms with Crippen LogP contribution in [0.3, 0.4) is 0 Å². The Balaban J connectivity index is 1.13. The van der Waals surface area contributed by atoms with E-state index in [9.17, 15) is 24.3 Å². The zero-order chi connectivity index (χ0) is 34.7. The Morgan fingerprint density at radius 1 is 1.04 bits per heavy atom. The summed E-state index contributed by atoms with van der Waals surface area (Å²) in [6.07, 6.45) is 0.773. The molecule has 12 nitrogen and oxygen atoms in total. The van der Waals surface area contributed by atoms with E-state index in [1.54, 1.807) is 58.5 Å². The Morgan fingerprint density at radius 3 is 2.35 bits per heavy atom. The van der Waals surface area contributed by atoms with E-state index < -0.39 is 34.8 Å². The first-order valence-electron chi connectivity index (χ1n) is 16.0. The maximum Gasteiger partial charge on any atom is 0.410 e. The molecule has 0 spiro atoms. The monoisotopic (exact) mass is 661 g/mol. The smallest absolute Gasteiger partial charge is 0.410 e. The van der Waals surface area contributed by atoms with Crippen molar-refractivity contribution in [1.29, 1.82) is 0 Å². The summed E-state index contributed by atoms with van der Waals surface area (Å²) in [6.45, 7) is 11.5. The molecular weight excluding hydrogens is 621 g/mol. The van der Waals surface area contributed by atoms with Gasteiger partial charge in [-0.05, 0) is 49.6 Å². The van der Waals surface area contributed by atoms with Gasteiger partial charge in [0.2, 0.25) is 11.3 Å². The zero-order valence-electron chi connectivity index (χ0n) is 27.7. The highest BCUT2D eigenvalue weighted by Crippen LogP contribution is 2.28. The fraction of sp³-hybridized carbons (Fsp3) is 0.400. The maximum atomic E-state index is 15.2. The summed E-state index contributed by atoms with van der Waals surface area (Å²) in [4.78, 5) is 53.2. The fourth-order valence-corrected chi connectivity index (χ4v) is 5.55. The number of aromatic carboxylic acids is 1. The molecule has 4 aromatic rings. The van der Waals surface area contributed by atoms with Crippen molar-refractivity contribution in [3.63, 3.8) is 0 Å². The Bertz CT molecular complexity index is 1880. The molecule has 1 aliphatic heterocycles. The van der Waals surface area contributed by atoms with Crippen molar-refractivity contribution in [3.05, 3.63) is 87.3 Å². The second-order valence-corrected chi connectivity index (χ2v) is 12.4. The number of carbonyl (C=O) groups excluding carboxylic acids is 2. The van der Waals surface area contributed by atoms with Crippen molar-refractivity contribution in [2.75, 3.05) is 36.4 Å². The lowest BCUT2D eigenvalue weighted by Crippen LogP contribution is -2.49. The van der Waals surface area contributed by atoms with Crippen LogP contribution >= 0.6 is 0 Å². The van der Waals surface area contributed by atoms with Gasteiger partial charge in [-0.25, -0.2) is 14.0 Å². The molecular formula is C35H40FN5O7. The first-order chi connectivity index (χ1) is 22.9. The summed E-state index contributed by atoms with van der Waals surface area (Å²) < 4.78 is 27.8. The van der Waals surface area contributed by atoms with Gasteiger partial charge in [0.15, 0.2) is 0 Å². The minimum absolute atomic E-state index is 0.00178. The van der Waals surface area contributed by atoms with E-state index in [0.717, 1.165) is 17.3 Å². The molecule has 1 aliphatic rings. The number of hydrogen-bond donors (Lipinski definition) is 2. The molecule has 13 heteroatoms. The predicted molar refractivity (Wildman–Crippen MR) is 178 cm³/mol. The van der Waals surface area contributed by atoms with Crippen molar-refractivity contribution >= 4 is 40.2 Å². The van der Waals surface area contributed by atoms with Gasteiger partial charge in [0.1, 0.15) is 23.7 Å². The number of hydrogen-bond acceptors (Lipinski definition) is 8. The van der Waals surface area contributed by atoms with Crippen LogP contribution in [0.15, 0.2) is 58.0 Å². The van der Waals surface area contributed by atoms with Crippen molar-refractivity contribution in [3.8, 4) is 0 Å². The second kappa shape index (κ2) is 14.3. The second-order valence-electron chi connectivity index (χ2n) is 12.4. The molecule has 2 N–H and O–H groups in total. The number of nitrogens with one attached hydrogen (secondary N) is 1. The van der Waals surface area contributed by atoms with Gasteiger partial charge in [0.25, 0.3) is 0 Å². The van der Waals surface area contributed by atoms with Crippen LogP contribution in [0, 0.1) is 11.7 Å². The van der Waals surface area contributed by atoms with Crippen LogP contribution in [-0.4, -0.2) is 63.9 Å². The van der Waals surface area contributed by atoms with Crippen molar-refractivity contribution in [1.82, 2.24) is 14.6 Å². The molecule has 2 atom stereocenters. The highest BCUT2D eigenvalue weighted by Gasteiger charge is 2.26. The quantitative estimate of drug-likeness (QED) is 0.215. The topological polar surface area (TPSA) is 147 Å². The molecule has 254 valence electrons. The Labute approximate surface area is 277 Å². The number of piperazine rings is 1. The van der Waals surface area contributed by atoms with E-state index in [-0.39, 0.29) is 29.5 Å². The van der Waals surface area contributed by atoms with Crippen LogP contribution in [0.25, 0.3) is 10.9 Å². The van der Waals surface area contributed by atoms with Gasteiger partial charge in [0, 0.05) is 62.0 Å².